The number of hydrogen-bond donors (Lipinski definition) is 3. The Bertz CT molecular complexity index is 1660. The van der Waals surface area contributed by atoms with Crippen LogP contribution in [0, 0.1) is 13.8 Å². The van der Waals surface area contributed by atoms with Gasteiger partial charge in [0.2, 0.25) is 0 Å². The monoisotopic (exact) mass is 638 g/mol. The van der Waals surface area contributed by atoms with Crippen molar-refractivity contribution in [3.05, 3.63) is 107 Å². The van der Waals surface area contributed by atoms with Gasteiger partial charge in [-0.2, -0.15) is 10.2 Å². The Hall–Kier alpha value is -4.09. The van der Waals surface area contributed by atoms with E-state index in [1.165, 1.54) is 18.5 Å². The molecule has 192 valence electrons. The zero-order valence-corrected chi connectivity index (χ0v) is 23.3. The molecule has 0 unspecified atom stereocenters. The Labute approximate surface area is 233 Å². The number of carbonyl (C=O) groups is 2. The minimum absolute atomic E-state index is 0.0997. The Morgan fingerprint density at radius 3 is 1.82 bits per heavy atom. The number of benzene rings is 3. The van der Waals surface area contributed by atoms with E-state index in [0.29, 0.717) is 27.8 Å². The average Bonchev–Trinajstić information content (AvgIpc) is 2.88. The highest BCUT2D eigenvalue weighted by Gasteiger charge is 2.19. The van der Waals surface area contributed by atoms with Gasteiger partial charge in [-0.1, -0.05) is 31.9 Å². The van der Waals surface area contributed by atoms with Crippen molar-refractivity contribution in [2.45, 2.75) is 13.8 Å². The molecule has 0 atom stereocenters. The van der Waals surface area contributed by atoms with E-state index in [9.17, 15) is 19.5 Å². The van der Waals surface area contributed by atoms with E-state index in [-0.39, 0.29) is 22.3 Å². The van der Waals surface area contributed by atoms with Crippen molar-refractivity contribution in [1.82, 2.24) is 10.9 Å². The molecule has 0 radical (unpaired) electrons. The van der Waals surface area contributed by atoms with Crippen molar-refractivity contribution >= 4 is 67.1 Å². The van der Waals surface area contributed by atoms with Crippen LogP contribution in [0.1, 0.15) is 43.0 Å². The fourth-order valence-corrected chi connectivity index (χ4v) is 4.21. The first-order valence-electron chi connectivity index (χ1n) is 11.1. The molecule has 0 bridgehead atoms. The van der Waals surface area contributed by atoms with Gasteiger partial charge in [0.15, 0.2) is 5.58 Å². The van der Waals surface area contributed by atoms with Crippen LogP contribution in [0.3, 0.4) is 0 Å². The number of nitrogens with zero attached hydrogens (tertiary/aromatic N) is 2. The van der Waals surface area contributed by atoms with Gasteiger partial charge in [0.25, 0.3) is 11.8 Å². The van der Waals surface area contributed by atoms with Gasteiger partial charge in [0.05, 0.1) is 17.8 Å². The van der Waals surface area contributed by atoms with Gasteiger partial charge in [-0.15, -0.1) is 0 Å². The summed E-state index contributed by atoms with van der Waals surface area (Å²) in [6.45, 7) is 3.32. The van der Waals surface area contributed by atoms with Crippen molar-refractivity contribution in [2.24, 2.45) is 10.2 Å². The molecule has 2 amide bonds. The first-order valence-corrected chi connectivity index (χ1v) is 12.7. The molecule has 0 aliphatic carbocycles. The van der Waals surface area contributed by atoms with Gasteiger partial charge in [0.1, 0.15) is 5.75 Å². The molecule has 9 nitrogen and oxygen atoms in total. The number of aromatic hydroxyl groups is 1. The van der Waals surface area contributed by atoms with Gasteiger partial charge in [-0.05, 0) is 73.5 Å². The molecule has 38 heavy (non-hydrogen) atoms. The summed E-state index contributed by atoms with van der Waals surface area (Å²) in [7, 11) is 0. The number of phenolic OH excluding ortho intramolecular Hbond substituents is 1. The number of fused-ring (bicyclic) bond motifs is 1. The van der Waals surface area contributed by atoms with Gasteiger partial charge >= 0.3 is 5.63 Å². The maximum absolute atomic E-state index is 12.4. The lowest BCUT2D eigenvalue weighted by molar-refractivity contribution is 0.0947. The molecule has 4 aromatic rings. The first kappa shape index (κ1) is 27.0. The molecule has 1 aromatic heterocycles. The SMILES string of the molecule is Cc1c(C=NNC(=O)c2ccc(Br)cc2)c(O)c2c(C)cc(=O)oc2c1C=NNC(=O)c1ccc(Br)cc1. The molecule has 0 saturated carbocycles. The van der Waals surface area contributed by atoms with Crippen LogP contribution in [-0.2, 0) is 0 Å². The summed E-state index contributed by atoms with van der Waals surface area (Å²) >= 11 is 6.64. The lowest BCUT2D eigenvalue weighted by atomic mass is 9.96. The van der Waals surface area contributed by atoms with E-state index < -0.39 is 17.4 Å². The molecule has 0 fully saturated rings. The second-order valence-corrected chi connectivity index (χ2v) is 10.00. The molecule has 11 heteroatoms. The molecular weight excluding hydrogens is 620 g/mol. The lowest BCUT2D eigenvalue weighted by Gasteiger charge is -2.13. The van der Waals surface area contributed by atoms with Crippen LogP contribution in [0.15, 0.2) is 83.0 Å². The Balaban J connectivity index is 1.69. The van der Waals surface area contributed by atoms with Crippen LogP contribution >= 0.6 is 31.9 Å². The molecule has 0 saturated heterocycles. The Kier molecular flexibility index (Phi) is 8.18. The van der Waals surface area contributed by atoms with Crippen molar-refractivity contribution < 1.29 is 19.1 Å². The number of aryl methyl sites for hydroxylation is 1. The summed E-state index contributed by atoms with van der Waals surface area (Å²) in [6, 6.07) is 14.7. The number of halogens is 2. The zero-order chi connectivity index (χ0) is 27.4. The zero-order valence-electron chi connectivity index (χ0n) is 20.1. The van der Waals surface area contributed by atoms with E-state index in [1.54, 1.807) is 62.4 Å². The van der Waals surface area contributed by atoms with E-state index in [2.05, 4.69) is 52.9 Å². The lowest BCUT2D eigenvalue weighted by Crippen LogP contribution is -2.18. The van der Waals surface area contributed by atoms with Crippen LogP contribution < -0.4 is 16.5 Å². The van der Waals surface area contributed by atoms with Crippen LogP contribution in [0.4, 0.5) is 0 Å². The van der Waals surface area contributed by atoms with Gasteiger partial charge in [-0.25, -0.2) is 15.6 Å². The fourth-order valence-electron chi connectivity index (χ4n) is 3.68. The molecule has 4 rings (SSSR count). The molecule has 0 aliphatic rings. The molecular formula is C27H20Br2N4O5. The third-order valence-electron chi connectivity index (χ3n) is 5.64. The highest BCUT2D eigenvalue weighted by molar-refractivity contribution is 9.10. The van der Waals surface area contributed by atoms with Crippen molar-refractivity contribution in [2.75, 3.05) is 0 Å². The number of nitrogens with one attached hydrogen (secondary N) is 2. The number of amides is 2. The minimum Gasteiger partial charge on any atom is -0.506 e. The number of carbonyl (C=O) groups excluding carboxylic acids is 2. The molecule has 3 aromatic carbocycles. The highest BCUT2D eigenvalue weighted by Crippen LogP contribution is 2.35. The molecule has 0 spiro atoms. The third-order valence-corrected chi connectivity index (χ3v) is 6.69. The summed E-state index contributed by atoms with van der Waals surface area (Å²) in [4.78, 5) is 37.0. The van der Waals surface area contributed by atoms with Crippen molar-refractivity contribution in [3.63, 3.8) is 0 Å². The first-order chi connectivity index (χ1) is 18.2. The second-order valence-electron chi connectivity index (χ2n) is 8.17. The number of phenols is 1. The quantitative estimate of drug-likeness (QED) is 0.152. The van der Waals surface area contributed by atoms with Crippen LogP contribution in [0.2, 0.25) is 0 Å². The molecule has 0 aliphatic heterocycles. The van der Waals surface area contributed by atoms with E-state index in [1.807, 2.05) is 0 Å². The van der Waals surface area contributed by atoms with Crippen LogP contribution in [0.5, 0.6) is 5.75 Å². The van der Waals surface area contributed by atoms with E-state index >= 15 is 0 Å². The van der Waals surface area contributed by atoms with Crippen LogP contribution in [-0.4, -0.2) is 29.4 Å². The predicted octanol–water partition coefficient (Wildman–Crippen LogP) is 5.17. The maximum atomic E-state index is 12.4. The van der Waals surface area contributed by atoms with Crippen LogP contribution in [0.25, 0.3) is 11.0 Å². The number of hydrazone groups is 2. The topological polar surface area (TPSA) is 133 Å². The number of rotatable bonds is 6. The Morgan fingerprint density at radius 1 is 0.842 bits per heavy atom. The van der Waals surface area contributed by atoms with Gasteiger partial charge in [-0.3, -0.25) is 9.59 Å². The molecule has 1 heterocycles. The summed E-state index contributed by atoms with van der Waals surface area (Å²) in [5, 5.41) is 19.4. The summed E-state index contributed by atoms with van der Waals surface area (Å²) in [5.41, 5.74) is 6.69. The summed E-state index contributed by atoms with van der Waals surface area (Å²) < 4.78 is 7.07. The van der Waals surface area contributed by atoms with Gasteiger partial charge in [0, 0.05) is 37.3 Å². The third kappa shape index (κ3) is 5.90. The normalized spacial score (nSPS) is 11.4. The largest absolute Gasteiger partial charge is 0.506 e. The maximum Gasteiger partial charge on any atom is 0.336 e. The Morgan fingerprint density at radius 2 is 1.32 bits per heavy atom. The van der Waals surface area contributed by atoms with E-state index in [0.717, 1.165) is 8.95 Å². The summed E-state index contributed by atoms with van der Waals surface area (Å²) in [6.07, 6.45) is 2.62. The van der Waals surface area contributed by atoms with Gasteiger partial charge < -0.3 is 9.52 Å². The average molecular weight is 640 g/mol. The second kappa shape index (κ2) is 11.5. The standard InChI is InChI=1S/C27H20Br2N4O5/c1-14-11-22(34)38-25-21(13-31-33-27(37)17-5-9-19(29)10-6-17)15(2)20(24(35)23(14)25)12-30-32-26(36)16-3-7-18(28)8-4-16/h3-13,35H,1-2H3,(H,32,36)(H,33,37). The smallest absolute Gasteiger partial charge is 0.336 e. The fraction of sp³-hybridized carbons (Fsp3) is 0.0741. The highest BCUT2D eigenvalue weighted by atomic mass is 79.9. The molecule has 3 N–H and O–H groups in total. The summed E-state index contributed by atoms with van der Waals surface area (Å²) in [5.74, 6) is -1.06. The van der Waals surface area contributed by atoms with Crippen molar-refractivity contribution in [1.29, 1.82) is 0 Å². The predicted molar refractivity (Wildman–Crippen MR) is 152 cm³/mol. The number of hydrogen-bond acceptors (Lipinski definition) is 7. The minimum atomic E-state index is -0.606. The van der Waals surface area contributed by atoms with E-state index in [4.69, 9.17) is 4.42 Å². The van der Waals surface area contributed by atoms with Crippen molar-refractivity contribution in [3.8, 4) is 5.75 Å².